The second kappa shape index (κ2) is 7.70. The minimum absolute atomic E-state index is 0.0360. The first kappa shape index (κ1) is 19.0. The van der Waals surface area contributed by atoms with Gasteiger partial charge in [-0.05, 0) is 55.5 Å². The average molecular weight is 417 g/mol. The highest BCUT2D eigenvalue weighted by atomic mass is 32.1. The van der Waals surface area contributed by atoms with Crippen molar-refractivity contribution in [1.82, 2.24) is 19.7 Å². The first-order chi connectivity index (χ1) is 14.6. The Morgan fingerprint density at radius 3 is 2.67 bits per heavy atom. The lowest BCUT2D eigenvalue weighted by Gasteiger charge is -2.36. The Balaban J connectivity index is 1.46. The van der Waals surface area contributed by atoms with Gasteiger partial charge in [0.2, 0.25) is 0 Å². The van der Waals surface area contributed by atoms with E-state index in [4.69, 9.17) is 0 Å². The maximum Gasteiger partial charge on any atom is 0.255 e. The quantitative estimate of drug-likeness (QED) is 0.744. The van der Waals surface area contributed by atoms with Crippen molar-refractivity contribution in [2.75, 3.05) is 33.2 Å². The van der Waals surface area contributed by atoms with Crippen LogP contribution in [0.1, 0.15) is 10.6 Å². The molecule has 3 aliphatic rings. The summed E-state index contributed by atoms with van der Waals surface area (Å²) >= 11 is 1.69. The summed E-state index contributed by atoms with van der Waals surface area (Å²) in [5, 5.41) is 1.05. The molecule has 0 N–H and O–H groups in total. The molecule has 5 rings (SSSR count). The van der Waals surface area contributed by atoms with Crippen molar-refractivity contribution in [3.8, 4) is 0 Å². The molecule has 1 saturated heterocycles. The number of benzene rings is 1. The number of carbonyl (C=O) groups is 1. The summed E-state index contributed by atoms with van der Waals surface area (Å²) in [6.07, 6.45) is 13.8. The molecule has 4 heterocycles. The van der Waals surface area contributed by atoms with E-state index in [1.54, 1.807) is 22.3 Å². The highest BCUT2D eigenvalue weighted by Gasteiger charge is 2.22. The van der Waals surface area contributed by atoms with E-state index >= 15 is 0 Å². The Morgan fingerprint density at radius 1 is 1.03 bits per heavy atom. The first-order valence-electron chi connectivity index (χ1n) is 10.2. The molecule has 152 valence electrons. The van der Waals surface area contributed by atoms with Gasteiger partial charge in [-0.15, -0.1) is 11.3 Å². The third kappa shape index (κ3) is 3.64. The van der Waals surface area contributed by atoms with E-state index in [0.29, 0.717) is 0 Å². The molecule has 6 heteroatoms. The average Bonchev–Trinajstić information content (AvgIpc) is 3.11. The first-order valence-corrected chi connectivity index (χ1v) is 11.0. The number of rotatable bonds is 2. The van der Waals surface area contributed by atoms with Crippen LogP contribution < -0.4 is 0 Å². The molecule has 0 aliphatic carbocycles. The van der Waals surface area contributed by atoms with Crippen molar-refractivity contribution in [1.29, 1.82) is 0 Å². The minimum atomic E-state index is -0.0360. The zero-order chi connectivity index (χ0) is 20.7. The fourth-order valence-electron chi connectivity index (χ4n) is 3.98. The zero-order valence-electron chi connectivity index (χ0n) is 17.2. The Kier molecular flexibility index (Phi) is 4.89. The van der Waals surface area contributed by atoms with Crippen molar-refractivity contribution in [3.63, 3.8) is 0 Å². The van der Waals surface area contributed by atoms with E-state index in [2.05, 4.69) is 46.1 Å². The van der Waals surface area contributed by atoms with Crippen LogP contribution in [0.3, 0.4) is 0 Å². The summed E-state index contributed by atoms with van der Waals surface area (Å²) in [6, 6.07) is 6.22. The molecule has 0 unspecified atom stereocenters. The van der Waals surface area contributed by atoms with Crippen molar-refractivity contribution in [2.45, 2.75) is 6.92 Å². The number of amides is 1. The molecule has 1 fully saturated rings. The normalized spacial score (nSPS) is 24.5. The maximum absolute atomic E-state index is 13.2. The largest absolute Gasteiger partial charge is 0.368 e. The van der Waals surface area contributed by atoms with Crippen LogP contribution in [0.5, 0.6) is 0 Å². The minimum Gasteiger partial charge on any atom is -0.368 e. The standard InChI is InChI=1S/C24H24N4OS/c1-17-25-22-14-19(6-9-23(22)30-17)18-4-3-5-20-7-8-21(16-28(20)24(29)15-18)27-12-10-26(2)11-13-27/h3-9,14-16H,10-13H2,1-2H3/b4-3+,18-15+,20-5+. The summed E-state index contributed by atoms with van der Waals surface area (Å²) in [7, 11) is 2.15. The second-order valence-corrected chi connectivity index (χ2v) is 9.09. The number of hydrogen-bond donors (Lipinski definition) is 0. The lowest BCUT2D eigenvalue weighted by atomic mass is 10.0. The number of aryl methyl sites for hydroxylation is 1. The molecule has 0 spiro atoms. The second-order valence-electron chi connectivity index (χ2n) is 7.85. The van der Waals surface area contributed by atoms with Gasteiger partial charge in [0.15, 0.2) is 0 Å². The fraction of sp³-hybridized carbons (Fsp3) is 0.250. The molecule has 1 aromatic heterocycles. The van der Waals surface area contributed by atoms with E-state index in [1.165, 1.54) is 4.70 Å². The van der Waals surface area contributed by atoms with Gasteiger partial charge in [0.25, 0.3) is 5.91 Å². The third-order valence-corrected chi connectivity index (χ3v) is 6.67. The number of nitrogens with zero attached hydrogens (tertiary/aromatic N) is 4. The molecule has 0 saturated carbocycles. The van der Waals surface area contributed by atoms with Crippen molar-refractivity contribution in [2.24, 2.45) is 0 Å². The Morgan fingerprint density at radius 2 is 1.83 bits per heavy atom. The van der Waals surface area contributed by atoms with Gasteiger partial charge >= 0.3 is 0 Å². The Hall–Kier alpha value is -2.96. The Bertz CT molecular complexity index is 1160. The van der Waals surface area contributed by atoms with Crippen LogP contribution >= 0.6 is 11.3 Å². The topological polar surface area (TPSA) is 39.7 Å². The number of thiazole rings is 1. The van der Waals surface area contributed by atoms with E-state index < -0.39 is 0 Å². The van der Waals surface area contributed by atoms with Crippen molar-refractivity contribution >= 4 is 33.0 Å². The van der Waals surface area contributed by atoms with Gasteiger partial charge in [-0.2, -0.15) is 0 Å². The molecule has 1 aromatic carbocycles. The molecular formula is C24H24N4OS. The molecule has 2 aromatic rings. The summed E-state index contributed by atoms with van der Waals surface area (Å²) in [6.45, 7) is 6.04. The van der Waals surface area contributed by atoms with Crippen molar-refractivity contribution < 1.29 is 4.79 Å². The van der Waals surface area contributed by atoms with Gasteiger partial charge in [0, 0.05) is 44.2 Å². The number of carbonyl (C=O) groups excluding carboxylic acids is 1. The predicted octanol–water partition coefficient (Wildman–Crippen LogP) is 3.93. The van der Waals surface area contributed by atoms with Crippen LogP contribution in [0.15, 0.2) is 72.2 Å². The molecule has 5 nitrogen and oxygen atoms in total. The van der Waals surface area contributed by atoms with Crippen LogP contribution in [0, 0.1) is 6.92 Å². The molecule has 1 amide bonds. The lowest BCUT2D eigenvalue weighted by molar-refractivity contribution is -0.122. The van der Waals surface area contributed by atoms with E-state index in [1.807, 2.05) is 37.4 Å². The smallest absolute Gasteiger partial charge is 0.255 e. The number of allylic oxidation sites excluding steroid dienone is 6. The highest BCUT2D eigenvalue weighted by molar-refractivity contribution is 7.18. The number of piperazine rings is 1. The number of aromatic nitrogens is 1. The summed E-state index contributed by atoms with van der Waals surface area (Å²) in [5.41, 5.74) is 4.85. The van der Waals surface area contributed by atoms with Gasteiger partial charge in [-0.1, -0.05) is 18.2 Å². The molecule has 0 radical (unpaired) electrons. The zero-order valence-corrected chi connectivity index (χ0v) is 18.0. The Labute approximate surface area is 180 Å². The van der Waals surface area contributed by atoms with Gasteiger partial charge in [0.1, 0.15) is 0 Å². The van der Waals surface area contributed by atoms with Gasteiger partial charge in [-0.3, -0.25) is 9.69 Å². The number of fused-ring (bicyclic) bond motifs is 2. The van der Waals surface area contributed by atoms with Crippen LogP contribution in [-0.4, -0.2) is 58.8 Å². The van der Waals surface area contributed by atoms with Gasteiger partial charge in [-0.25, -0.2) is 4.98 Å². The van der Waals surface area contributed by atoms with Crippen LogP contribution in [0.25, 0.3) is 15.8 Å². The SMILES string of the molecule is Cc1nc2cc(C3=C\C(=O)N4C=C(N5CCN(C)CC5)C=C\C4=C/C=C/3)ccc2s1. The molecule has 30 heavy (non-hydrogen) atoms. The lowest BCUT2D eigenvalue weighted by Crippen LogP contribution is -2.44. The highest BCUT2D eigenvalue weighted by Crippen LogP contribution is 2.28. The van der Waals surface area contributed by atoms with E-state index in [0.717, 1.165) is 59.2 Å². The summed E-state index contributed by atoms with van der Waals surface area (Å²) in [5.74, 6) is -0.0360. The van der Waals surface area contributed by atoms with Gasteiger partial charge < -0.3 is 9.80 Å². The van der Waals surface area contributed by atoms with Gasteiger partial charge in [0.05, 0.1) is 20.9 Å². The number of hydrogen-bond acceptors (Lipinski definition) is 5. The van der Waals surface area contributed by atoms with Crippen molar-refractivity contribution in [3.05, 3.63) is 82.8 Å². The summed E-state index contributed by atoms with van der Waals surface area (Å²) < 4.78 is 1.17. The predicted molar refractivity (Wildman–Crippen MR) is 123 cm³/mol. The third-order valence-electron chi connectivity index (χ3n) is 5.72. The molecular weight excluding hydrogens is 392 g/mol. The monoisotopic (exact) mass is 416 g/mol. The van der Waals surface area contributed by atoms with Crippen LogP contribution in [0.2, 0.25) is 0 Å². The van der Waals surface area contributed by atoms with Crippen LogP contribution in [0.4, 0.5) is 0 Å². The molecule has 0 atom stereocenters. The summed E-state index contributed by atoms with van der Waals surface area (Å²) in [4.78, 5) is 24.2. The van der Waals surface area contributed by atoms with E-state index in [9.17, 15) is 4.79 Å². The number of likely N-dealkylation sites (N-methyl/N-ethyl adjacent to an activating group) is 1. The van der Waals surface area contributed by atoms with Crippen LogP contribution in [-0.2, 0) is 4.79 Å². The molecule has 3 aliphatic heterocycles. The van der Waals surface area contributed by atoms with E-state index in [-0.39, 0.29) is 5.91 Å². The fourth-order valence-corrected chi connectivity index (χ4v) is 4.79. The molecule has 0 bridgehead atoms. The maximum atomic E-state index is 13.2.